The number of nitrogens with one attached hydrogen (secondary N) is 1. The van der Waals surface area contributed by atoms with Crippen LogP contribution >= 0.6 is 11.7 Å². The molecule has 4 N–H and O–H groups in total. The SMILES string of the molecule is CC(C)(C)NCC(COc1nsnc1N1CCOCC1)=NO.O=C(O)C(=O)O. The third-order valence-electron chi connectivity index (χ3n) is 3.28. The number of oxime groups is 1. The quantitative estimate of drug-likeness (QED) is 0.214. The molecule has 0 aliphatic carbocycles. The Morgan fingerprint density at radius 2 is 1.86 bits per heavy atom. The van der Waals surface area contributed by atoms with Crippen LogP contribution in [-0.4, -0.2) is 86.8 Å². The van der Waals surface area contributed by atoms with Crippen molar-refractivity contribution >= 4 is 35.2 Å². The third kappa shape index (κ3) is 8.92. The molecular weight excluding hydrogens is 394 g/mol. The van der Waals surface area contributed by atoms with E-state index in [0.717, 1.165) is 30.6 Å². The highest BCUT2D eigenvalue weighted by molar-refractivity contribution is 6.99. The zero-order chi connectivity index (χ0) is 21.2. The average molecular weight is 419 g/mol. The second-order valence-electron chi connectivity index (χ2n) is 6.66. The number of carboxylic acids is 2. The molecule has 1 aromatic rings. The molecule has 0 spiro atoms. The van der Waals surface area contributed by atoms with Crippen molar-refractivity contribution in [3.63, 3.8) is 0 Å². The summed E-state index contributed by atoms with van der Waals surface area (Å²) in [5.41, 5.74) is 0.452. The van der Waals surface area contributed by atoms with Crippen LogP contribution in [0, 0.1) is 0 Å². The minimum atomic E-state index is -1.82. The molecule has 2 heterocycles. The fourth-order valence-electron chi connectivity index (χ4n) is 1.87. The van der Waals surface area contributed by atoms with E-state index in [-0.39, 0.29) is 12.1 Å². The zero-order valence-corrected chi connectivity index (χ0v) is 16.7. The molecule has 1 aliphatic heterocycles. The molecule has 2 rings (SSSR count). The molecule has 13 heteroatoms. The van der Waals surface area contributed by atoms with Crippen LogP contribution in [-0.2, 0) is 14.3 Å². The van der Waals surface area contributed by atoms with Gasteiger partial charge in [-0.1, -0.05) is 5.16 Å². The Morgan fingerprint density at radius 3 is 2.36 bits per heavy atom. The van der Waals surface area contributed by atoms with Crippen LogP contribution in [0.25, 0.3) is 0 Å². The van der Waals surface area contributed by atoms with Gasteiger partial charge in [-0.05, 0) is 20.8 Å². The lowest BCUT2D eigenvalue weighted by Crippen LogP contribution is -2.40. The van der Waals surface area contributed by atoms with E-state index in [2.05, 4.69) is 24.1 Å². The van der Waals surface area contributed by atoms with Crippen molar-refractivity contribution in [3.05, 3.63) is 0 Å². The van der Waals surface area contributed by atoms with E-state index in [1.54, 1.807) is 0 Å². The van der Waals surface area contributed by atoms with Crippen molar-refractivity contribution in [2.75, 3.05) is 44.4 Å². The number of carboxylic acid groups (broad SMARTS) is 2. The Balaban J connectivity index is 0.000000568. The summed E-state index contributed by atoms with van der Waals surface area (Å²) in [6.45, 7) is 9.65. The van der Waals surface area contributed by atoms with Crippen molar-refractivity contribution < 1.29 is 34.5 Å². The highest BCUT2D eigenvalue weighted by Crippen LogP contribution is 2.26. The minimum absolute atomic E-state index is 0.0584. The fourth-order valence-corrected chi connectivity index (χ4v) is 2.39. The molecule has 0 unspecified atom stereocenters. The number of hydrogen-bond acceptors (Lipinski definition) is 11. The Labute approximate surface area is 166 Å². The maximum absolute atomic E-state index is 9.10. The summed E-state index contributed by atoms with van der Waals surface area (Å²) in [7, 11) is 0. The van der Waals surface area contributed by atoms with E-state index >= 15 is 0 Å². The number of ether oxygens (including phenoxy) is 2. The van der Waals surface area contributed by atoms with E-state index < -0.39 is 11.9 Å². The summed E-state index contributed by atoms with van der Waals surface area (Å²) in [6.07, 6.45) is 0. The van der Waals surface area contributed by atoms with Gasteiger partial charge in [0, 0.05) is 25.2 Å². The molecule has 158 valence electrons. The Morgan fingerprint density at radius 1 is 1.25 bits per heavy atom. The summed E-state index contributed by atoms with van der Waals surface area (Å²) in [5.74, 6) is -2.44. The molecule has 0 bridgehead atoms. The molecule has 1 aromatic heterocycles. The summed E-state index contributed by atoms with van der Waals surface area (Å²) in [6, 6.07) is 0. The van der Waals surface area contributed by atoms with Crippen molar-refractivity contribution in [2.24, 2.45) is 5.16 Å². The molecule has 0 amide bonds. The lowest BCUT2D eigenvalue weighted by atomic mass is 10.1. The molecule has 0 atom stereocenters. The van der Waals surface area contributed by atoms with Crippen LogP contribution in [0.1, 0.15) is 20.8 Å². The normalized spacial score (nSPS) is 14.8. The predicted molar refractivity (Wildman–Crippen MR) is 101 cm³/mol. The van der Waals surface area contributed by atoms with Gasteiger partial charge in [0.25, 0.3) is 5.88 Å². The van der Waals surface area contributed by atoms with Crippen LogP contribution in [0.3, 0.4) is 0 Å². The van der Waals surface area contributed by atoms with E-state index in [1.807, 2.05) is 20.8 Å². The van der Waals surface area contributed by atoms with Gasteiger partial charge in [0.2, 0.25) is 5.82 Å². The highest BCUT2D eigenvalue weighted by Gasteiger charge is 2.20. The second kappa shape index (κ2) is 11.4. The van der Waals surface area contributed by atoms with Gasteiger partial charge in [-0.3, -0.25) is 0 Å². The number of nitrogens with zero attached hydrogens (tertiary/aromatic N) is 4. The first kappa shape index (κ1) is 23.5. The molecule has 12 nitrogen and oxygen atoms in total. The van der Waals surface area contributed by atoms with Crippen LogP contribution < -0.4 is 15.0 Å². The summed E-state index contributed by atoms with van der Waals surface area (Å²) in [5, 5.41) is 30.4. The van der Waals surface area contributed by atoms with E-state index in [1.165, 1.54) is 0 Å². The first-order valence-electron chi connectivity index (χ1n) is 8.33. The minimum Gasteiger partial charge on any atom is -0.473 e. The van der Waals surface area contributed by atoms with Gasteiger partial charge in [-0.25, -0.2) is 9.59 Å². The topological polar surface area (TPSA) is 167 Å². The van der Waals surface area contributed by atoms with E-state index in [4.69, 9.17) is 34.5 Å². The monoisotopic (exact) mass is 419 g/mol. The fraction of sp³-hybridized carbons (Fsp3) is 0.667. The van der Waals surface area contributed by atoms with Crippen LogP contribution in [0.2, 0.25) is 0 Å². The van der Waals surface area contributed by atoms with Crippen LogP contribution in [0.15, 0.2) is 5.16 Å². The van der Waals surface area contributed by atoms with Crippen molar-refractivity contribution in [1.82, 2.24) is 14.1 Å². The Kier molecular flexibility index (Phi) is 9.55. The van der Waals surface area contributed by atoms with Crippen molar-refractivity contribution in [1.29, 1.82) is 0 Å². The molecule has 1 aliphatic rings. The van der Waals surface area contributed by atoms with Gasteiger partial charge >= 0.3 is 11.9 Å². The molecule has 0 aromatic carbocycles. The lowest BCUT2D eigenvalue weighted by molar-refractivity contribution is -0.159. The highest BCUT2D eigenvalue weighted by atomic mass is 32.1. The molecular formula is C15H25N5O7S. The second-order valence-corrected chi connectivity index (χ2v) is 7.19. The number of morpholine rings is 1. The van der Waals surface area contributed by atoms with Gasteiger partial charge < -0.3 is 35.1 Å². The Bertz CT molecular complexity index is 656. The summed E-state index contributed by atoms with van der Waals surface area (Å²) >= 11 is 1.11. The number of aromatic nitrogens is 2. The van der Waals surface area contributed by atoms with Gasteiger partial charge in [0.1, 0.15) is 12.3 Å². The molecule has 0 radical (unpaired) electrons. The smallest absolute Gasteiger partial charge is 0.414 e. The van der Waals surface area contributed by atoms with Gasteiger partial charge in [-0.15, -0.1) is 4.37 Å². The Hall–Kier alpha value is -2.51. The van der Waals surface area contributed by atoms with E-state index in [0.29, 0.717) is 31.4 Å². The number of rotatable bonds is 6. The molecule has 0 saturated carbocycles. The van der Waals surface area contributed by atoms with Gasteiger partial charge in [0.15, 0.2) is 0 Å². The maximum Gasteiger partial charge on any atom is 0.414 e. The largest absolute Gasteiger partial charge is 0.473 e. The van der Waals surface area contributed by atoms with Crippen molar-refractivity contribution in [3.8, 4) is 5.88 Å². The van der Waals surface area contributed by atoms with Gasteiger partial charge in [0.05, 0.1) is 24.9 Å². The zero-order valence-electron chi connectivity index (χ0n) is 15.9. The molecule has 28 heavy (non-hydrogen) atoms. The van der Waals surface area contributed by atoms with Crippen molar-refractivity contribution in [2.45, 2.75) is 26.3 Å². The molecule has 1 fully saturated rings. The third-order valence-corrected chi connectivity index (χ3v) is 3.78. The average Bonchev–Trinajstić information content (AvgIpc) is 3.11. The number of carbonyl (C=O) groups is 2. The summed E-state index contributed by atoms with van der Waals surface area (Å²) in [4.78, 5) is 20.3. The number of aliphatic carboxylic acids is 2. The molecule has 1 saturated heterocycles. The van der Waals surface area contributed by atoms with Gasteiger partial charge in [-0.2, -0.15) is 4.37 Å². The lowest BCUT2D eigenvalue weighted by Gasteiger charge is -2.26. The first-order valence-corrected chi connectivity index (χ1v) is 9.06. The first-order chi connectivity index (χ1) is 13.1. The van der Waals surface area contributed by atoms with Crippen LogP contribution in [0.4, 0.5) is 5.82 Å². The predicted octanol–water partition coefficient (Wildman–Crippen LogP) is 0.127. The maximum atomic E-state index is 9.10. The number of hydrogen-bond donors (Lipinski definition) is 4. The standard InChI is InChI=1S/C13H23N5O3S.C2H2O4/c1-13(2,3)14-8-10(15-19)9-21-12-11(16-22-17-12)18-4-6-20-7-5-18;3-1(4)2(5)6/h14,19H,4-9H2,1-3H3;(H,3,4)(H,5,6). The van der Waals surface area contributed by atoms with E-state index in [9.17, 15) is 0 Å². The summed E-state index contributed by atoms with van der Waals surface area (Å²) < 4.78 is 19.5. The number of anilines is 1. The van der Waals surface area contributed by atoms with Crippen LogP contribution in [0.5, 0.6) is 5.88 Å².